The molecular formula is C13H16N2O2. The summed E-state index contributed by atoms with van der Waals surface area (Å²) in [5, 5.41) is 0.918. The Hall–Kier alpha value is -1.81. The van der Waals surface area contributed by atoms with Crippen LogP contribution in [-0.4, -0.2) is 17.0 Å². The molecule has 0 saturated carbocycles. The lowest BCUT2D eigenvalue weighted by atomic mass is 10.2. The van der Waals surface area contributed by atoms with Crippen LogP contribution in [-0.2, 0) is 4.79 Å². The van der Waals surface area contributed by atoms with Gasteiger partial charge in [-0.2, -0.15) is 0 Å². The molecule has 0 spiro atoms. The van der Waals surface area contributed by atoms with Crippen LogP contribution in [0, 0.1) is 0 Å². The van der Waals surface area contributed by atoms with Gasteiger partial charge in [0, 0.05) is 29.6 Å². The predicted octanol–water partition coefficient (Wildman–Crippen LogP) is 2.20. The second kappa shape index (κ2) is 5.01. The SMILES string of the molecule is CC(N)CCC(=O)Oc1c[nH]c2ccccc12. The summed E-state index contributed by atoms with van der Waals surface area (Å²) in [4.78, 5) is 14.6. The van der Waals surface area contributed by atoms with Gasteiger partial charge in [0.25, 0.3) is 0 Å². The number of ether oxygens (including phenoxy) is 1. The van der Waals surface area contributed by atoms with Crippen molar-refractivity contribution in [2.45, 2.75) is 25.8 Å². The molecule has 1 unspecified atom stereocenters. The number of carbonyl (C=O) groups is 1. The molecule has 0 aliphatic rings. The molecule has 1 aromatic carbocycles. The molecule has 0 saturated heterocycles. The van der Waals surface area contributed by atoms with Crippen molar-refractivity contribution in [3.05, 3.63) is 30.5 Å². The Labute approximate surface area is 99.8 Å². The number of H-pyrrole nitrogens is 1. The second-order valence-electron chi connectivity index (χ2n) is 4.19. The van der Waals surface area contributed by atoms with Crippen molar-refractivity contribution in [3.63, 3.8) is 0 Å². The fourth-order valence-corrected chi connectivity index (χ4v) is 1.65. The molecule has 0 aliphatic heterocycles. The summed E-state index contributed by atoms with van der Waals surface area (Å²) in [6.07, 6.45) is 2.69. The Morgan fingerprint density at radius 1 is 1.47 bits per heavy atom. The standard InChI is InChI=1S/C13H16N2O2/c1-9(14)6-7-13(16)17-12-8-15-11-5-3-2-4-10(11)12/h2-5,8-9,15H,6-7,14H2,1H3. The predicted molar refractivity (Wildman–Crippen MR) is 66.8 cm³/mol. The minimum atomic E-state index is -0.243. The van der Waals surface area contributed by atoms with Crippen molar-refractivity contribution in [3.8, 4) is 5.75 Å². The minimum Gasteiger partial charge on any atom is -0.424 e. The third kappa shape index (κ3) is 2.85. The number of aromatic nitrogens is 1. The Kier molecular flexibility index (Phi) is 3.44. The number of nitrogens with two attached hydrogens (primary N) is 1. The van der Waals surface area contributed by atoms with E-state index in [-0.39, 0.29) is 12.0 Å². The molecule has 90 valence electrons. The quantitative estimate of drug-likeness (QED) is 0.794. The number of rotatable bonds is 4. The van der Waals surface area contributed by atoms with E-state index in [0.29, 0.717) is 18.6 Å². The average Bonchev–Trinajstić information content (AvgIpc) is 2.70. The van der Waals surface area contributed by atoms with Crippen molar-refractivity contribution in [2.75, 3.05) is 0 Å². The van der Waals surface area contributed by atoms with Crippen molar-refractivity contribution in [1.29, 1.82) is 0 Å². The van der Waals surface area contributed by atoms with Gasteiger partial charge in [-0.05, 0) is 25.5 Å². The molecule has 4 heteroatoms. The summed E-state index contributed by atoms with van der Waals surface area (Å²) in [6, 6.07) is 7.72. The van der Waals surface area contributed by atoms with E-state index < -0.39 is 0 Å². The zero-order valence-electron chi connectivity index (χ0n) is 9.77. The number of carbonyl (C=O) groups excluding carboxylic acids is 1. The lowest BCUT2D eigenvalue weighted by molar-refractivity contribution is -0.134. The van der Waals surface area contributed by atoms with Crippen molar-refractivity contribution < 1.29 is 9.53 Å². The van der Waals surface area contributed by atoms with Crippen LogP contribution in [0.5, 0.6) is 5.75 Å². The molecule has 4 nitrogen and oxygen atoms in total. The zero-order valence-corrected chi connectivity index (χ0v) is 9.77. The van der Waals surface area contributed by atoms with E-state index in [9.17, 15) is 4.79 Å². The van der Waals surface area contributed by atoms with Gasteiger partial charge in [-0.15, -0.1) is 0 Å². The summed E-state index contributed by atoms with van der Waals surface area (Å²) in [6.45, 7) is 1.87. The molecule has 17 heavy (non-hydrogen) atoms. The normalized spacial score (nSPS) is 12.6. The third-order valence-corrected chi connectivity index (χ3v) is 2.58. The van der Waals surface area contributed by atoms with Gasteiger partial charge in [-0.1, -0.05) is 12.1 Å². The second-order valence-corrected chi connectivity index (χ2v) is 4.19. The molecule has 0 bridgehead atoms. The molecule has 0 amide bonds. The molecule has 0 aliphatic carbocycles. The van der Waals surface area contributed by atoms with Gasteiger partial charge in [0.15, 0.2) is 5.75 Å². The maximum Gasteiger partial charge on any atom is 0.311 e. The minimum absolute atomic E-state index is 0.0190. The van der Waals surface area contributed by atoms with Crippen LogP contribution in [0.4, 0.5) is 0 Å². The Bertz CT molecular complexity index is 517. The van der Waals surface area contributed by atoms with Gasteiger partial charge in [0.1, 0.15) is 0 Å². The number of aromatic amines is 1. The van der Waals surface area contributed by atoms with Gasteiger partial charge < -0.3 is 15.5 Å². The van der Waals surface area contributed by atoms with Gasteiger partial charge >= 0.3 is 5.97 Å². The highest BCUT2D eigenvalue weighted by Gasteiger charge is 2.10. The van der Waals surface area contributed by atoms with E-state index in [1.807, 2.05) is 31.2 Å². The molecule has 1 aromatic heterocycles. The van der Waals surface area contributed by atoms with E-state index in [4.69, 9.17) is 10.5 Å². The molecule has 3 N–H and O–H groups in total. The van der Waals surface area contributed by atoms with Crippen molar-refractivity contribution >= 4 is 16.9 Å². The highest BCUT2D eigenvalue weighted by molar-refractivity contribution is 5.88. The van der Waals surface area contributed by atoms with Gasteiger partial charge in [0.2, 0.25) is 0 Å². The fraction of sp³-hybridized carbons (Fsp3) is 0.308. The van der Waals surface area contributed by atoms with Crippen LogP contribution in [0.2, 0.25) is 0 Å². The van der Waals surface area contributed by atoms with E-state index >= 15 is 0 Å². The highest BCUT2D eigenvalue weighted by atomic mass is 16.5. The summed E-state index contributed by atoms with van der Waals surface area (Å²) in [5.74, 6) is 0.335. The van der Waals surface area contributed by atoms with Gasteiger partial charge in [-0.25, -0.2) is 0 Å². The third-order valence-electron chi connectivity index (χ3n) is 2.58. The zero-order chi connectivity index (χ0) is 12.3. The van der Waals surface area contributed by atoms with Crippen LogP contribution in [0.1, 0.15) is 19.8 Å². The first-order chi connectivity index (χ1) is 8.16. The van der Waals surface area contributed by atoms with Crippen LogP contribution < -0.4 is 10.5 Å². The van der Waals surface area contributed by atoms with Gasteiger partial charge in [-0.3, -0.25) is 4.79 Å². The number of nitrogens with one attached hydrogen (secondary N) is 1. The summed E-state index contributed by atoms with van der Waals surface area (Å²) < 4.78 is 5.29. The van der Waals surface area contributed by atoms with Crippen LogP contribution >= 0.6 is 0 Å². The lowest BCUT2D eigenvalue weighted by Crippen LogP contribution is -2.18. The smallest absolute Gasteiger partial charge is 0.311 e. The molecule has 0 fully saturated rings. The Balaban J connectivity index is 2.06. The van der Waals surface area contributed by atoms with Crippen LogP contribution in [0.15, 0.2) is 30.5 Å². The average molecular weight is 232 g/mol. The molecule has 2 rings (SSSR count). The monoisotopic (exact) mass is 232 g/mol. The summed E-state index contributed by atoms with van der Waals surface area (Å²) >= 11 is 0. The number of esters is 1. The van der Waals surface area contributed by atoms with E-state index in [0.717, 1.165) is 10.9 Å². The van der Waals surface area contributed by atoms with E-state index in [2.05, 4.69) is 4.98 Å². The molecule has 1 atom stereocenters. The number of para-hydroxylation sites is 1. The van der Waals surface area contributed by atoms with E-state index in [1.54, 1.807) is 6.20 Å². The lowest BCUT2D eigenvalue weighted by Gasteiger charge is -2.04. The number of benzene rings is 1. The first-order valence-corrected chi connectivity index (χ1v) is 5.69. The maximum absolute atomic E-state index is 11.6. The Morgan fingerprint density at radius 3 is 3.00 bits per heavy atom. The van der Waals surface area contributed by atoms with Gasteiger partial charge in [0.05, 0.1) is 0 Å². The first-order valence-electron chi connectivity index (χ1n) is 5.69. The summed E-state index contributed by atoms with van der Waals surface area (Å²) in [7, 11) is 0. The number of hydrogen-bond acceptors (Lipinski definition) is 3. The van der Waals surface area contributed by atoms with Crippen molar-refractivity contribution in [1.82, 2.24) is 4.98 Å². The molecule has 1 heterocycles. The topological polar surface area (TPSA) is 68.1 Å². The largest absolute Gasteiger partial charge is 0.424 e. The summed E-state index contributed by atoms with van der Waals surface area (Å²) in [5.41, 5.74) is 6.55. The first kappa shape index (κ1) is 11.7. The van der Waals surface area contributed by atoms with Crippen LogP contribution in [0.25, 0.3) is 10.9 Å². The molecule has 0 radical (unpaired) electrons. The Morgan fingerprint density at radius 2 is 2.24 bits per heavy atom. The number of fused-ring (bicyclic) bond motifs is 1. The fourth-order valence-electron chi connectivity index (χ4n) is 1.65. The highest BCUT2D eigenvalue weighted by Crippen LogP contribution is 2.25. The van der Waals surface area contributed by atoms with E-state index in [1.165, 1.54) is 0 Å². The maximum atomic E-state index is 11.6. The number of hydrogen-bond donors (Lipinski definition) is 2. The molecular weight excluding hydrogens is 216 g/mol. The molecule has 2 aromatic rings. The van der Waals surface area contributed by atoms with Crippen molar-refractivity contribution in [2.24, 2.45) is 5.73 Å². The van der Waals surface area contributed by atoms with Crippen LogP contribution in [0.3, 0.4) is 0 Å².